The average Bonchev–Trinajstić information content (AvgIpc) is 2.13. The number of isocyanates is 1. The van der Waals surface area contributed by atoms with Gasteiger partial charge in [-0.15, -0.1) is 0 Å². The maximum absolute atomic E-state index is 9.72. The minimum Gasteiger partial charge on any atom is -0.492 e. The summed E-state index contributed by atoms with van der Waals surface area (Å²) < 4.78 is 6.25. The summed E-state index contributed by atoms with van der Waals surface area (Å²) in [6.45, 7) is 0.738. The molecule has 0 saturated carbocycles. The number of nitrogens with zero attached hydrogens (tertiary/aromatic N) is 1. The van der Waals surface area contributed by atoms with Gasteiger partial charge in [0, 0.05) is 4.47 Å². The third-order valence-corrected chi connectivity index (χ3v) is 1.83. The molecule has 0 spiro atoms. The quantitative estimate of drug-likeness (QED) is 0.461. The number of ether oxygens (including phenoxy) is 1. The Balaban J connectivity index is 2.40. The van der Waals surface area contributed by atoms with Crippen molar-refractivity contribution in [1.82, 2.24) is 0 Å². The Hall–Kier alpha value is -1.12. The van der Waals surface area contributed by atoms with E-state index in [4.69, 9.17) is 4.74 Å². The lowest BCUT2D eigenvalue weighted by Gasteiger charge is -2.03. The number of halogens is 1. The molecule has 1 aromatic rings. The minimum absolute atomic E-state index is 0.343. The van der Waals surface area contributed by atoms with Crippen LogP contribution in [0.15, 0.2) is 33.7 Å². The molecule has 0 aliphatic rings. The van der Waals surface area contributed by atoms with Crippen molar-refractivity contribution in [2.45, 2.75) is 0 Å². The van der Waals surface area contributed by atoms with Crippen LogP contribution >= 0.6 is 15.9 Å². The normalized spacial score (nSPS) is 9.00. The Morgan fingerprint density at radius 2 is 2.38 bits per heavy atom. The second kappa shape index (κ2) is 5.51. The van der Waals surface area contributed by atoms with Crippen LogP contribution in [-0.4, -0.2) is 19.2 Å². The fourth-order valence-electron chi connectivity index (χ4n) is 0.812. The number of hydrogen-bond donors (Lipinski definition) is 0. The van der Waals surface area contributed by atoms with Crippen molar-refractivity contribution in [2.24, 2.45) is 4.99 Å². The van der Waals surface area contributed by atoms with Gasteiger partial charge >= 0.3 is 0 Å². The van der Waals surface area contributed by atoms with Gasteiger partial charge in [-0.2, -0.15) is 0 Å². The minimum atomic E-state index is 0.343. The zero-order valence-electron chi connectivity index (χ0n) is 6.87. The maximum atomic E-state index is 9.72. The van der Waals surface area contributed by atoms with Gasteiger partial charge in [-0.05, 0) is 18.2 Å². The van der Waals surface area contributed by atoms with Crippen molar-refractivity contribution in [1.29, 1.82) is 0 Å². The van der Waals surface area contributed by atoms with Crippen LogP contribution in [0.5, 0.6) is 5.75 Å². The predicted molar refractivity (Wildman–Crippen MR) is 52.6 cm³/mol. The van der Waals surface area contributed by atoms with E-state index in [0.717, 1.165) is 10.2 Å². The molecular weight excluding hydrogens is 234 g/mol. The Kier molecular flexibility index (Phi) is 4.23. The van der Waals surface area contributed by atoms with E-state index in [1.165, 1.54) is 6.08 Å². The predicted octanol–water partition coefficient (Wildman–Crippen LogP) is 2.16. The van der Waals surface area contributed by atoms with Crippen LogP contribution in [-0.2, 0) is 4.79 Å². The molecule has 0 aromatic heterocycles. The van der Waals surface area contributed by atoms with Crippen molar-refractivity contribution in [3.8, 4) is 5.75 Å². The number of hydrogen-bond acceptors (Lipinski definition) is 3. The molecule has 0 aliphatic heterocycles. The largest absolute Gasteiger partial charge is 0.492 e. The Morgan fingerprint density at radius 3 is 3.08 bits per heavy atom. The van der Waals surface area contributed by atoms with Gasteiger partial charge in [0.15, 0.2) is 0 Å². The SMILES string of the molecule is O=C=NCCOc1cccc(Br)c1. The molecule has 0 aliphatic carbocycles. The van der Waals surface area contributed by atoms with E-state index in [1.54, 1.807) is 0 Å². The molecule has 1 aromatic carbocycles. The lowest BCUT2D eigenvalue weighted by molar-refractivity contribution is 0.328. The van der Waals surface area contributed by atoms with Crippen molar-refractivity contribution in [3.63, 3.8) is 0 Å². The first kappa shape index (κ1) is 9.96. The summed E-state index contributed by atoms with van der Waals surface area (Å²) in [5.41, 5.74) is 0. The van der Waals surface area contributed by atoms with Gasteiger partial charge < -0.3 is 4.74 Å². The fourth-order valence-corrected chi connectivity index (χ4v) is 1.19. The fraction of sp³-hybridized carbons (Fsp3) is 0.222. The van der Waals surface area contributed by atoms with Gasteiger partial charge in [0.1, 0.15) is 12.4 Å². The van der Waals surface area contributed by atoms with E-state index in [2.05, 4.69) is 20.9 Å². The van der Waals surface area contributed by atoms with Crippen LogP contribution in [0.2, 0.25) is 0 Å². The second-order valence-electron chi connectivity index (χ2n) is 2.28. The van der Waals surface area contributed by atoms with Crippen molar-refractivity contribution in [2.75, 3.05) is 13.2 Å². The van der Waals surface area contributed by atoms with Gasteiger partial charge in [0.05, 0.1) is 6.54 Å². The highest BCUT2D eigenvalue weighted by Gasteiger charge is 1.92. The van der Waals surface area contributed by atoms with Crippen LogP contribution in [0.1, 0.15) is 0 Å². The molecule has 68 valence electrons. The third kappa shape index (κ3) is 3.87. The molecule has 1 rings (SSSR count). The van der Waals surface area contributed by atoms with E-state index in [9.17, 15) is 4.79 Å². The van der Waals surface area contributed by atoms with E-state index in [1.807, 2.05) is 24.3 Å². The molecule has 0 heterocycles. The monoisotopic (exact) mass is 241 g/mol. The highest BCUT2D eigenvalue weighted by Crippen LogP contribution is 2.17. The summed E-state index contributed by atoms with van der Waals surface area (Å²) in [4.78, 5) is 13.1. The van der Waals surface area contributed by atoms with Gasteiger partial charge in [0.2, 0.25) is 6.08 Å². The number of aliphatic imine (C=N–C) groups is 1. The second-order valence-corrected chi connectivity index (χ2v) is 3.19. The molecule has 0 saturated heterocycles. The molecule has 0 unspecified atom stereocenters. The number of benzene rings is 1. The Bertz CT molecular complexity index is 321. The molecule has 0 fully saturated rings. The van der Waals surface area contributed by atoms with Crippen molar-refractivity contribution in [3.05, 3.63) is 28.7 Å². The van der Waals surface area contributed by atoms with Crippen LogP contribution in [0.4, 0.5) is 0 Å². The van der Waals surface area contributed by atoms with Gasteiger partial charge in [-0.1, -0.05) is 22.0 Å². The maximum Gasteiger partial charge on any atom is 0.235 e. The molecular formula is C9H8BrNO2. The van der Waals surface area contributed by atoms with Crippen LogP contribution in [0.3, 0.4) is 0 Å². The van der Waals surface area contributed by atoms with Gasteiger partial charge in [-0.25, -0.2) is 9.79 Å². The van der Waals surface area contributed by atoms with Crippen LogP contribution in [0, 0.1) is 0 Å². The smallest absolute Gasteiger partial charge is 0.235 e. The standard InChI is InChI=1S/C9H8BrNO2/c10-8-2-1-3-9(6-8)13-5-4-11-7-12/h1-3,6H,4-5H2. The lowest BCUT2D eigenvalue weighted by atomic mass is 10.3. The molecule has 0 radical (unpaired) electrons. The highest BCUT2D eigenvalue weighted by molar-refractivity contribution is 9.10. The van der Waals surface area contributed by atoms with Crippen LogP contribution in [0.25, 0.3) is 0 Å². The van der Waals surface area contributed by atoms with Crippen molar-refractivity contribution >= 4 is 22.0 Å². The van der Waals surface area contributed by atoms with Gasteiger partial charge in [-0.3, -0.25) is 0 Å². The van der Waals surface area contributed by atoms with E-state index >= 15 is 0 Å². The molecule has 0 N–H and O–H groups in total. The summed E-state index contributed by atoms with van der Waals surface area (Å²) in [6.07, 6.45) is 1.45. The summed E-state index contributed by atoms with van der Waals surface area (Å²) in [5.74, 6) is 0.760. The topological polar surface area (TPSA) is 38.7 Å². The average molecular weight is 242 g/mol. The molecule has 0 bridgehead atoms. The van der Waals surface area contributed by atoms with Gasteiger partial charge in [0.25, 0.3) is 0 Å². The molecule has 13 heavy (non-hydrogen) atoms. The summed E-state index contributed by atoms with van der Waals surface area (Å²) in [5, 5.41) is 0. The first-order valence-electron chi connectivity index (χ1n) is 3.75. The summed E-state index contributed by atoms with van der Waals surface area (Å²) >= 11 is 3.32. The van der Waals surface area contributed by atoms with E-state index < -0.39 is 0 Å². The zero-order valence-corrected chi connectivity index (χ0v) is 8.45. The first-order valence-corrected chi connectivity index (χ1v) is 4.54. The summed E-state index contributed by atoms with van der Waals surface area (Å²) in [7, 11) is 0. The zero-order chi connectivity index (χ0) is 9.52. The highest BCUT2D eigenvalue weighted by atomic mass is 79.9. The first-order chi connectivity index (χ1) is 6.33. The molecule has 0 amide bonds. The van der Waals surface area contributed by atoms with Crippen molar-refractivity contribution < 1.29 is 9.53 Å². The van der Waals surface area contributed by atoms with Crippen LogP contribution < -0.4 is 4.74 Å². The van der Waals surface area contributed by atoms with E-state index in [0.29, 0.717) is 13.2 Å². The van der Waals surface area contributed by atoms with E-state index in [-0.39, 0.29) is 0 Å². The molecule has 3 nitrogen and oxygen atoms in total. The number of rotatable bonds is 4. The molecule has 4 heteroatoms. The Morgan fingerprint density at radius 1 is 1.54 bits per heavy atom. The number of carbonyl (C=O) groups excluding carboxylic acids is 1. The third-order valence-electron chi connectivity index (χ3n) is 1.33. The molecule has 0 atom stereocenters. The lowest BCUT2D eigenvalue weighted by Crippen LogP contribution is -2.00. The summed E-state index contributed by atoms with van der Waals surface area (Å²) in [6, 6.07) is 7.48. The Labute approximate surface area is 84.6 Å².